The summed E-state index contributed by atoms with van der Waals surface area (Å²) in [7, 11) is 0. The van der Waals surface area contributed by atoms with E-state index in [9.17, 15) is 13.2 Å². The molecular weight excluding hydrogens is 289 g/mol. The van der Waals surface area contributed by atoms with E-state index in [1.54, 1.807) is 18.3 Å². The van der Waals surface area contributed by atoms with Crippen molar-refractivity contribution in [2.24, 2.45) is 0 Å². The van der Waals surface area contributed by atoms with Gasteiger partial charge < -0.3 is 5.32 Å². The quantitative estimate of drug-likeness (QED) is 0.833. The van der Waals surface area contributed by atoms with E-state index >= 15 is 0 Å². The van der Waals surface area contributed by atoms with Crippen LogP contribution in [0.2, 0.25) is 5.15 Å². The fraction of sp³-hybridized carbons (Fsp3) is 0.214. The smallest absolute Gasteiger partial charge is 0.378 e. The molecule has 0 aliphatic carbocycles. The Morgan fingerprint density at radius 2 is 1.95 bits per heavy atom. The molecule has 0 unspecified atom stereocenters. The normalized spacial score (nSPS) is 11.4. The molecule has 0 amide bonds. The molecule has 2 nitrogen and oxygen atoms in total. The summed E-state index contributed by atoms with van der Waals surface area (Å²) >= 11 is 5.90. The van der Waals surface area contributed by atoms with Crippen LogP contribution in [0.4, 0.5) is 18.9 Å². The van der Waals surface area contributed by atoms with Crippen LogP contribution in [0.15, 0.2) is 36.5 Å². The number of alkyl halides is 3. The Morgan fingerprint density at radius 3 is 2.65 bits per heavy atom. The van der Waals surface area contributed by atoms with Crippen molar-refractivity contribution in [2.75, 3.05) is 5.32 Å². The number of rotatable bonds is 3. The van der Waals surface area contributed by atoms with Crippen molar-refractivity contribution in [3.05, 3.63) is 58.4 Å². The third-order valence-corrected chi connectivity index (χ3v) is 3.07. The molecule has 20 heavy (non-hydrogen) atoms. The summed E-state index contributed by atoms with van der Waals surface area (Å²) in [5.41, 5.74) is 0.909. The fourth-order valence-electron chi connectivity index (χ4n) is 1.82. The summed E-state index contributed by atoms with van der Waals surface area (Å²) in [4.78, 5) is 3.94. The zero-order chi connectivity index (χ0) is 14.8. The van der Waals surface area contributed by atoms with E-state index in [-0.39, 0.29) is 17.3 Å². The molecule has 0 fully saturated rings. The van der Waals surface area contributed by atoms with Crippen molar-refractivity contribution in [1.82, 2.24) is 4.98 Å². The summed E-state index contributed by atoms with van der Waals surface area (Å²) in [5.74, 6) is 0. The number of nitrogens with one attached hydrogen (secondary N) is 1. The van der Waals surface area contributed by atoms with Gasteiger partial charge in [-0.2, -0.15) is 13.2 Å². The number of halogens is 4. The van der Waals surface area contributed by atoms with Gasteiger partial charge in [0.2, 0.25) is 0 Å². The van der Waals surface area contributed by atoms with Crippen molar-refractivity contribution < 1.29 is 13.2 Å². The zero-order valence-electron chi connectivity index (χ0n) is 10.6. The van der Waals surface area contributed by atoms with Crippen LogP contribution >= 0.6 is 11.6 Å². The van der Waals surface area contributed by atoms with Crippen LogP contribution in [0.5, 0.6) is 0 Å². The molecule has 106 valence electrons. The second-order valence-electron chi connectivity index (χ2n) is 4.36. The first-order valence-corrected chi connectivity index (χ1v) is 6.27. The highest BCUT2D eigenvalue weighted by atomic mass is 35.5. The monoisotopic (exact) mass is 300 g/mol. The third kappa shape index (κ3) is 3.42. The van der Waals surface area contributed by atoms with E-state index < -0.39 is 11.7 Å². The van der Waals surface area contributed by atoms with E-state index in [4.69, 9.17) is 11.6 Å². The highest BCUT2D eigenvalue weighted by Gasteiger charge is 2.32. The van der Waals surface area contributed by atoms with Gasteiger partial charge in [-0.25, -0.2) is 4.98 Å². The Balaban J connectivity index is 2.21. The van der Waals surface area contributed by atoms with E-state index in [1.165, 1.54) is 12.1 Å². The van der Waals surface area contributed by atoms with Crippen LogP contribution in [-0.4, -0.2) is 4.98 Å². The molecule has 0 saturated carbocycles. The SMILES string of the molecule is Cc1cnc(Cl)c(NCc2ccccc2C(F)(F)F)c1. The summed E-state index contributed by atoms with van der Waals surface area (Å²) in [6.07, 6.45) is -2.77. The molecular formula is C14H12ClF3N2. The second kappa shape index (κ2) is 5.71. The Labute approximate surface area is 119 Å². The maximum atomic E-state index is 12.9. The molecule has 0 aliphatic rings. The van der Waals surface area contributed by atoms with Crippen molar-refractivity contribution >= 4 is 17.3 Å². The van der Waals surface area contributed by atoms with Crippen LogP contribution < -0.4 is 5.32 Å². The van der Waals surface area contributed by atoms with Gasteiger partial charge in [-0.3, -0.25) is 0 Å². The Kier molecular flexibility index (Phi) is 4.18. The topological polar surface area (TPSA) is 24.9 Å². The predicted molar refractivity (Wildman–Crippen MR) is 72.8 cm³/mol. The molecule has 0 bridgehead atoms. The van der Waals surface area contributed by atoms with Crippen LogP contribution in [0, 0.1) is 6.92 Å². The average Bonchev–Trinajstić information content (AvgIpc) is 2.39. The molecule has 0 atom stereocenters. The Bertz CT molecular complexity index is 612. The lowest BCUT2D eigenvalue weighted by Gasteiger charge is -2.14. The maximum absolute atomic E-state index is 12.9. The molecule has 1 aromatic heterocycles. The molecule has 0 spiro atoms. The van der Waals surface area contributed by atoms with Crippen molar-refractivity contribution in [3.8, 4) is 0 Å². The average molecular weight is 301 g/mol. The predicted octanol–water partition coefficient (Wildman–Crippen LogP) is 4.67. The molecule has 0 saturated heterocycles. The van der Waals surface area contributed by atoms with Crippen molar-refractivity contribution in [2.45, 2.75) is 19.6 Å². The van der Waals surface area contributed by atoms with Crippen LogP contribution in [-0.2, 0) is 12.7 Å². The summed E-state index contributed by atoms with van der Waals surface area (Å²) in [6, 6.07) is 7.18. The molecule has 0 aliphatic heterocycles. The van der Waals surface area contributed by atoms with E-state index in [2.05, 4.69) is 10.3 Å². The van der Waals surface area contributed by atoms with Gasteiger partial charge in [0.05, 0.1) is 11.3 Å². The van der Waals surface area contributed by atoms with Gasteiger partial charge in [-0.15, -0.1) is 0 Å². The van der Waals surface area contributed by atoms with Gasteiger partial charge in [0, 0.05) is 12.7 Å². The van der Waals surface area contributed by atoms with Crippen molar-refractivity contribution in [3.63, 3.8) is 0 Å². The van der Waals surface area contributed by atoms with Crippen molar-refractivity contribution in [1.29, 1.82) is 0 Å². The molecule has 6 heteroatoms. The van der Waals surface area contributed by atoms with Gasteiger partial charge in [0.15, 0.2) is 5.15 Å². The lowest BCUT2D eigenvalue weighted by molar-refractivity contribution is -0.138. The van der Waals surface area contributed by atoms with Gasteiger partial charge in [-0.05, 0) is 30.2 Å². The number of aromatic nitrogens is 1. The maximum Gasteiger partial charge on any atom is 0.416 e. The molecule has 1 aromatic carbocycles. The fourth-order valence-corrected chi connectivity index (χ4v) is 1.99. The molecule has 1 heterocycles. The standard InChI is InChI=1S/C14H12ClF3N2/c1-9-6-12(13(15)20-7-9)19-8-10-4-2-3-5-11(10)14(16,17)18/h2-7,19H,8H2,1H3. The highest BCUT2D eigenvalue weighted by Crippen LogP contribution is 2.32. The highest BCUT2D eigenvalue weighted by molar-refractivity contribution is 6.31. The van der Waals surface area contributed by atoms with Gasteiger partial charge >= 0.3 is 6.18 Å². The Morgan fingerprint density at radius 1 is 1.25 bits per heavy atom. The third-order valence-electron chi connectivity index (χ3n) is 2.77. The minimum Gasteiger partial charge on any atom is -0.378 e. The lowest BCUT2D eigenvalue weighted by Crippen LogP contribution is -2.12. The second-order valence-corrected chi connectivity index (χ2v) is 4.72. The van der Waals surface area contributed by atoms with Crippen LogP contribution in [0.3, 0.4) is 0 Å². The minimum absolute atomic E-state index is 0.0283. The van der Waals surface area contributed by atoms with Gasteiger partial charge in [0.25, 0.3) is 0 Å². The minimum atomic E-state index is -4.37. The molecule has 1 N–H and O–H groups in total. The first-order chi connectivity index (χ1) is 9.38. The molecule has 2 rings (SSSR count). The number of aryl methyl sites for hydroxylation is 1. The lowest BCUT2D eigenvalue weighted by atomic mass is 10.1. The molecule has 0 radical (unpaired) electrons. The number of anilines is 1. The summed E-state index contributed by atoms with van der Waals surface area (Å²) in [5, 5.41) is 3.12. The zero-order valence-corrected chi connectivity index (χ0v) is 11.4. The molecule has 2 aromatic rings. The van der Waals surface area contributed by atoms with Crippen LogP contribution in [0.25, 0.3) is 0 Å². The largest absolute Gasteiger partial charge is 0.416 e. The van der Waals surface area contributed by atoms with Crippen LogP contribution in [0.1, 0.15) is 16.7 Å². The van der Waals surface area contributed by atoms with E-state index in [1.807, 2.05) is 6.92 Å². The van der Waals surface area contributed by atoms with E-state index in [0.29, 0.717) is 5.69 Å². The first-order valence-electron chi connectivity index (χ1n) is 5.89. The Hall–Kier alpha value is -1.75. The van der Waals surface area contributed by atoms with E-state index in [0.717, 1.165) is 11.6 Å². The first kappa shape index (κ1) is 14.7. The number of hydrogen-bond acceptors (Lipinski definition) is 2. The van der Waals surface area contributed by atoms with Gasteiger partial charge in [0.1, 0.15) is 0 Å². The number of nitrogens with zero attached hydrogens (tertiary/aromatic N) is 1. The number of benzene rings is 1. The number of hydrogen-bond donors (Lipinski definition) is 1. The van der Waals surface area contributed by atoms with Gasteiger partial charge in [-0.1, -0.05) is 29.8 Å². The summed E-state index contributed by atoms with van der Waals surface area (Å²) < 4.78 is 38.6. The summed E-state index contributed by atoms with van der Waals surface area (Å²) in [6.45, 7) is 1.86. The number of pyridine rings is 1.